The molecule has 1 saturated heterocycles. The number of carbonyl (C=O) groups is 1. The van der Waals surface area contributed by atoms with Gasteiger partial charge in [-0.05, 0) is 31.4 Å². The average molecular weight is 212 g/mol. The molecule has 13 heavy (non-hydrogen) atoms. The lowest BCUT2D eigenvalue weighted by Crippen LogP contribution is -2.40. The molecule has 1 fully saturated rings. The fourth-order valence-corrected chi connectivity index (χ4v) is 1.73. The number of piperidine rings is 1. The molecule has 0 aromatic heterocycles. The minimum absolute atomic E-state index is 0.335. The van der Waals surface area contributed by atoms with E-state index >= 15 is 0 Å². The minimum atomic E-state index is -2.64. The highest BCUT2D eigenvalue weighted by Crippen LogP contribution is 2.32. The van der Waals surface area contributed by atoms with Crippen LogP contribution in [0.3, 0.4) is 0 Å². The van der Waals surface area contributed by atoms with E-state index in [-0.39, 0.29) is 0 Å². The third kappa shape index (κ3) is 2.79. The van der Waals surface area contributed by atoms with Crippen molar-refractivity contribution < 1.29 is 13.6 Å². The van der Waals surface area contributed by atoms with Gasteiger partial charge in [-0.15, -0.1) is 0 Å². The Kier molecular flexibility index (Phi) is 3.11. The maximum Gasteiger partial charge on any atom is 0.316 e. The molecule has 0 aromatic carbocycles. The molecule has 1 heterocycles. The first-order chi connectivity index (χ1) is 5.91. The Morgan fingerprint density at radius 3 is 2.23 bits per heavy atom. The van der Waals surface area contributed by atoms with Gasteiger partial charge in [0.15, 0.2) is 0 Å². The number of rotatable bonds is 1. The van der Waals surface area contributed by atoms with Gasteiger partial charge in [-0.2, -0.15) is 0 Å². The van der Waals surface area contributed by atoms with E-state index in [1.165, 1.54) is 4.90 Å². The van der Waals surface area contributed by atoms with Crippen LogP contribution in [0.25, 0.3) is 0 Å². The zero-order chi connectivity index (χ0) is 10.1. The van der Waals surface area contributed by atoms with E-state index in [1.54, 1.807) is 0 Å². The summed E-state index contributed by atoms with van der Waals surface area (Å²) in [5, 5.41) is -0.544. The zero-order valence-electron chi connectivity index (χ0n) is 7.40. The van der Waals surface area contributed by atoms with Crippen LogP contribution in [-0.4, -0.2) is 29.3 Å². The Hall–Kier alpha value is -0.380. The van der Waals surface area contributed by atoms with Crippen LogP contribution in [0.4, 0.5) is 13.6 Å². The van der Waals surface area contributed by atoms with Crippen LogP contribution in [0.15, 0.2) is 0 Å². The monoisotopic (exact) mass is 211 g/mol. The Balaban J connectivity index is 2.44. The number of amides is 1. The molecule has 1 amide bonds. The van der Waals surface area contributed by atoms with Gasteiger partial charge in [0.25, 0.3) is 0 Å². The summed E-state index contributed by atoms with van der Waals surface area (Å²) in [6.45, 7) is 1.61. The second-order valence-corrected chi connectivity index (χ2v) is 3.79. The SMILES string of the molecule is CC(F)(F)C1CCN(C(=O)Cl)CC1. The zero-order valence-corrected chi connectivity index (χ0v) is 8.15. The smallest absolute Gasteiger partial charge is 0.316 e. The Morgan fingerprint density at radius 2 is 1.92 bits per heavy atom. The standard InChI is InChI=1S/C8H12ClF2NO/c1-8(10,11)6-2-4-12(5-3-6)7(9)13/h6H,2-5H2,1H3. The number of hydrogen-bond donors (Lipinski definition) is 0. The summed E-state index contributed by atoms with van der Waals surface area (Å²) in [6, 6.07) is 0. The van der Waals surface area contributed by atoms with Crippen molar-refractivity contribution in [2.24, 2.45) is 5.92 Å². The number of nitrogens with zero attached hydrogens (tertiary/aromatic N) is 1. The third-order valence-electron chi connectivity index (χ3n) is 2.46. The van der Waals surface area contributed by atoms with Crippen molar-refractivity contribution >= 4 is 17.0 Å². The summed E-state index contributed by atoms with van der Waals surface area (Å²) >= 11 is 5.22. The summed E-state index contributed by atoms with van der Waals surface area (Å²) in [5.74, 6) is -3.25. The van der Waals surface area contributed by atoms with Gasteiger partial charge in [0.05, 0.1) is 0 Å². The molecule has 0 saturated carbocycles. The topological polar surface area (TPSA) is 20.3 Å². The van der Waals surface area contributed by atoms with E-state index in [9.17, 15) is 13.6 Å². The maximum atomic E-state index is 12.8. The van der Waals surface area contributed by atoms with E-state index in [4.69, 9.17) is 11.6 Å². The van der Waals surface area contributed by atoms with Gasteiger partial charge >= 0.3 is 5.37 Å². The van der Waals surface area contributed by atoms with Crippen molar-refractivity contribution in [1.82, 2.24) is 4.90 Å². The van der Waals surface area contributed by atoms with Gasteiger partial charge < -0.3 is 4.90 Å². The van der Waals surface area contributed by atoms with E-state index < -0.39 is 17.2 Å². The lowest BCUT2D eigenvalue weighted by molar-refractivity contribution is -0.0577. The third-order valence-corrected chi connectivity index (χ3v) is 2.70. The first-order valence-corrected chi connectivity index (χ1v) is 4.61. The van der Waals surface area contributed by atoms with Gasteiger partial charge in [-0.3, -0.25) is 4.79 Å². The van der Waals surface area contributed by atoms with Gasteiger partial charge in [0.1, 0.15) is 0 Å². The molecule has 0 unspecified atom stereocenters. The normalized spacial score (nSPS) is 20.5. The van der Waals surface area contributed by atoms with Crippen LogP contribution in [-0.2, 0) is 0 Å². The van der Waals surface area contributed by atoms with E-state index in [0.29, 0.717) is 25.9 Å². The lowest BCUT2D eigenvalue weighted by atomic mass is 9.92. The predicted molar refractivity (Wildman–Crippen MR) is 46.2 cm³/mol. The highest BCUT2D eigenvalue weighted by atomic mass is 35.5. The molecule has 0 bridgehead atoms. The van der Waals surface area contributed by atoms with Crippen LogP contribution in [0, 0.1) is 5.92 Å². The minimum Gasteiger partial charge on any atom is -0.329 e. The molecule has 76 valence electrons. The molecule has 5 heteroatoms. The van der Waals surface area contributed by atoms with Crippen molar-refractivity contribution in [2.45, 2.75) is 25.7 Å². The highest BCUT2D eigenvalue weighted by Gasteiger charge is 2.36. The number of halogens is 3. The van der Waals surface area contributed by atoms with Crippen LogP contribution in [0.2, 0.25) is 0 Å². The summed E-state index contributed by atoms with van der Waals surface area (Å²) in [6.07, 6.45) is 0.671. The largest absolute Gasteiger partial charge is 0.329 e. The highest BCUT2D eigenvalue weighted by molar-refractivity contribution is 6.62. The number of alkyl halides is 2. The van der Waals surface area contributed by atoms with Crippen molar-refractivity contribution in [3.8, 4) is 0 Å². The molecule has 0 radical (unpaired) electrons. The Labute approximate surface area is 80.8 Å². The molecule has 0 N–H and O–H groups in total. The van der Waals surface area contributed by atoms with Crippen LogP contribution in [0.1, 0.15) is 19.8 Å². The molecule has 2 nitrogen and oxygen atoms in total. The van der Waals surface area contributed by atoms with Crippen LogP contribution >= 0.6 is 11.6 Å². The van der Waals surface area contributed by atoms with Gasteiger partial charge in [-0.25, -0.2) is 8.78 Å². The predicted octanol–water partition coefficient (Wildman–Crippen LogP) is 2.71. The Bertz CT molecular complexity index is 197. The summed E-state index contributed by atoms with van der Waals surface area (Å²) in [4.78, 5) is 12.1. The van der Waals surface area contributed by atoms with E-state index in [2.05, 4.69) is 0 Å². The molecule has 1 aliphatic rings. The van der Waals surface area contributed by atoms with Gasteiger partial charge in [-0.1, -0.05) is 0 Å². The molecule has 0 aliphatic carbocycles. The quantitative estimate of drug-likeness (QED) is 0.483. The second-order valence-electron chi connectivity index (χ2n) is 3.47. The molecular weight excluding hydrogens is 200 g/mol. The fraction of sp³-hybridized carbons (Fsp3) is 0.875. The second kappa shape index (κ2) is 3.78. The van der Waals surface area contributed by atoms with Crippen molar-refractivity contribution in [3.63, 3.8) is 0 Å². The first kappa shape index (κ1) is 10.7. The Morgan fingerprint density at radius 1 is 1.46 bits per heavy atom. The molecule has 0 atom stereocenters. The van der Waals surface area contributed by atoms with Crippen molar-refractivity contribution in [2.75, 3.05) is 13.1 Å². The molecule has 1 aliphatic heterocycles. The van der Waals surface area contributed by atoms with Crippen molar-refractivity contribution in [3.05, 3.63) is 0 Å². The number of likely N-dealkylation sites (tertiary alicyclic amines) is 1. The molecular formula is C8H12ClF2NO. The maximum absolute atomic E-state index is 12.8. The van der Waals surface area contributed by atoms with Gasteiger partial charge in [0, 0.05) is 19.0 Å². The fourth-order valence-electron chi connectivity index (χ4n) is 1.56. The van der Waals surface area contributed by atoms with E-state index in [0.717, 1.165) is 6.92 Å². The molecule has 0 aromatic rings. The molecule has 1 rings (SSSR count). The molecule has 0 spiro atoms. The van der Waals surface area contributed by atoms with Crippen molar-refractivity contribution in [1.29, 1.82) is 0 Å². The summed E-state index contributed by atoms with van der Waals surface area (Å²) < 4.78 is 25.6. The van der Waals surface area contributed by atoms with E-state index in [1.807, 2.05) is 0 Å². The number of carbonyl (C=O) groups excluding carboxylic acids is 1. The first-order valence-electron chi connectivity index (χ1n) is 4.23. The summed E-state index contributed by atoms with van der Waals surface area (Å²) in [5.41, 5.74) is 0. The van der Waals surface area contributed by atoms with Crippen LogP contribution < -0.4 is 0 Å². The average Bonchev–Trinajstić information content (AvgIpc) is 2.03. The number of hydrogen-bond acceptors (Lipinski definition) is 1. The summed E-state index contributed by atoms with van der Waals surface area (Å²) in [7, 11) is 0. The van der Waals surface area contributed by atoms with Gasteiger partial charge in [0.2, 0.25) is 5.92 Å². The lowest BCUT2D eigenvalue weighted by Gasteiger charge is -2.33. The van der Waals surface area contributed by atoms with Crippen LogP contribution in [0.5, 0.6) is 0 Å².